The Balaban J connectivity index is 1.21. The first-order valence-electron chi connectivity index (χ1n) is 13.9. The molecule has 0 unspecified atom stereocenters. The van der Waals surface area contributed by atoms with E-state index in [9.17, 15) is 18.8 Å². The Morgan fingerprint density at radius 2 is 1.98 bits per heavy atom. The van der Waals surface area contributed by atoms with Crippen LogP contribution in [-0.2, 0) is 16.1 Å². The Hall–Kier alpha value is -3.73. The number of likely N-dealkylation sites (tertiary alicyclic amines) is 2. The van der Waals surface area contributed by atoms with Crippen LogP contribution in [0.4, 0.5) is 19.7 Å². The molecule has 11 heteroatoms. The number of nitrogens with zero attached hydrogens (tertiary/aromatic N) is 4. The summed E-state index contributed by atoms with van der Waals surface area (Å²) in [5, 5.41) is 5.89. The van der Waals surface area contributed by atoms with Gasteiger partial charge < -0.3 is 30.1 Å². The molecule has 10 nitrogen and oxygen atoms in total. The van der Waals surface area contributed by atoms with Crippen LogP contribution in [0, 0.1) is 12.7 Å². The molecule has 0 aliphatic carbocycles. The smallest absolute Gasteiger partial charge is 0.322 e. The summed E-state index contributed by atoms with van der Waals surface area (Å²) in [5.74, 6) is -0.582. The molecular weight excluding hydrogens is 515 g/mol. The van der Waals surface area contributed by atoms with Gasteiger partial charge in [-0.2, -0.15) is 0 Å². The highest BCUT2D eigenvalue weighted by Gasteiger charge is 2.36. The van der Waals surface area contributed by atoms with Crippen LogP contribution in [0.1, 0.15) is 48.3 Å². The number of hydrogen-bond donors (Lipinski definition) is 2. The summed E-state index contributed by atoms with van der Waals surface area (Å²) in [4.78, 5) is 48.8. The third-order valence-corrected chi connectivity index (χ3v) is 8.32. The minimum Gasteiger partial charge on any atom is -0.383 e. The Morgan fingerprint density at radius 1 is 1.18 bits per heavy atom. The number of urea groups is 2. The van der Waals surface area contributed by atoms with Crippen molar-refractivity contribution in [1.82, 2.24) is 25.0 Å². The normalized spacial score (nSPS) is 22.0. The van der Waals surface area contributed by atoms with Crippen molar-refractivity contribution in [2.24, 2.45) is 0 Å². The molecule has 0 spiro atoms. The van der Waals surface area contributed by atoms with Gasteiger partial charge in [0.2, 0.25) is 5.91 Å². The average molecular weight is 553 g/mol. The summed E-state index contributed by atoms with van der Waals surface area (Å²) in [5.41, 5.74) is 2.93. The van der Waals surface area contributed by atoms with Gasteiger partial charge in [0.15, 0.2) is 0 Å². The Bertz CT molecular complexity index is 1250. The third-order valence-electron chi connectivity index (χ3n) is 8.32. The van der Waals surface area contributed by atoms with E-state index in [0.29, 0.717) is 76.1 Å². The number of fused-ring (bicyclic) bond motifs is 1. The van der Waals surface area contributed by atoms with Gasteiger partial charge in [-0.3, -0.25) is 9.78 Å². The number of amides is 5. The number of rotatable bonds is 6. The lowest BCUT2D eigenvalue weighted by atomic mass is 9.92. The third kappa shape index (κ3) is 5.89. The van der Waals surface area contributed by atoms with Gasteiger partial charge >= 0.3 is 12.1 Å². The zero-order valence-corrected chi connectivity index (χ0v) is 23.1. The number of ether oxygens (including phenoxy) is 1. The molecule has 3 aliphatic rings. The van der Waals surface area contributed by atoms with Gasteiger partial charge in [0.25, 0.3) is 0 Å². The van der Waals surface area contributed by atoms with Crippen LogP contribution >= 0.6 is 0 Å². The topological polar surface area (TPSA) is 107 Å². The van der Waals surface area contributed by atoms with Gasteiger partial charge in [0, 0.05) is 63.2 Å². The van der Waals surface area contributed by atoms with Crippen molar-refractivity contribution in [3.63, 3.8) is 0 Å². The second kappa shape index (κ2) is 12.2. The van der Waals surface area contributed by atoms with Gasteiger partial charge in [-0.25, -0.2) is 14.0 Å². The van der Waals surface area contributed by atoms with E-state index < -0.39 is 6.04 Å². The van der Waals surface area contributed by atoms with Crippen molar-refractivity contribution in [3.8, 4) is 0 Å². The van der Waals surface area contributed by atoms with Crippen LogP contribution in [-0.4, -0.2) is 89.6 Å². The number of aromatic nitrogens is 1. The molecule has 2 N–H and O–H groups in total. The largest absolute Gasteiger partial charge is 0.383 e. The van der Waals surface area contributed by atoms with E-state index in [1.54, 1.807) is 54.4 Å². The minimum absolute atomic E-state index is 0.00596. The number of halogens is 1. The molecule has 1 aromatic heterocycles. The van der Waals surface area contributed by atoms with Crippen molar-refractivity contribution in [1.29, 1.82) is 0 Å². The SMILES string of the molecule is COCCN1C[C@H](c2cccc(C)c2F)CC[C@@H](NC(=O)N2CCC(N3Cc4cnccc4NC3=O)CC2)C1=O. The molecule has 2 fully saturated rings. The van der Waals surface area contributed by atoms with Gasteiger partial charge in [0.1, 0.15) is 11.9 Å². The number of hydrogen-bond acceptors (Lipinski definition) is 5. The Morgan fingerprint density at radius 3 is 2.75 bits per heavy atom. The van der Waals surface area contributed by atoms with Crippen molar-refractivity contribution in [2.45, 2.75) is 57.2 Å². The first-order chi connectivity index (χ1) is 19.4. The molecule has 5 amide bonds. The second-order valence-corrected chi connectivity index (χ2v) is 10.8. The summed E-state index contributed by atoms with van der Waals surface area (Å²) in [6.45, 7) is 4.28. The lowest BCUT2D eigenvalue weighted by Gasteiger charge is -2.40. The molecule has 0 bridgehead atoms. The molecule has 5 rings (SSSR count). The fourth-order valence-corrected chi connectivity index (χ4v) is 5.97. The van der Waals surface area contributed by atoms with Crippen LogP contribution in [0.2, 0.25) is 0 Å². The highest BCUT2D eigenvalue weighted by atomic mass is 19.1. The van der Waals surface area contributed by atoms with Crippen molar-refractivity contribution >= 4 is 23.7 Å². The number of carbonyl (C=O) groups excluding carboxylic acids is 3. The van der Waals surface area contributed by atoms with Crippen LogP contribution < -0.4 is 10.6 Å². The zero-order valence-electron chi connectivity index (χ0n) is 23.1. The molecule has 1 aromatic carbocycles. The maximum atomic E-state index is 15.0. The van der Waals surface area contributed by atoms with Gasteiger partial charge in [-0.1, -0.05) is 18.2 Å². The number of aryl methyl sites for hydroxylation is 1. The molecule has 2 atom stereocenters. The lowest BCUT2D eigenvalue weighted by Crippen LogP contribution is -2.55. The minimum atomic E-state index is -0.697. The Labute approximate surface area is 233 Å². The molecule has 0 radical (unpaired) electrons. The predicted octanol–water partition coefficient (Wildman–Crippen LogP) is 3.47. The second-order valence-electron chi connectivity index (χ2n) is 10.8. The van der Waals surface area contributed by atoms with Crippen LogP contribution in [0.15, 0.2) is 36.7 Å². The highest BCUT2D eigenvalue weighted by Crippen LogP contribution is 2.31. The first kappa shape index (κ1) is 27.8. The predicted molar refractivity (Wildman–Crippen MR) is 147 cm³/mol. The highest BCUT2D eigenvalue weighted by molar-refractivity contribution is 5.92. The van der Waals surface area contributed by atoms with E-state index in [1.807, 2.05) is 11.0 Å². The number of anilines is 1. The molecule has 2 saturated heterocycles. The van der Waals surface area contributed by atoms with E-state index in [4.69, 9.17) is 4.74 Å². The zero-order chi connectivity index (χ0) is 28.2. The van der Waals surface area contributed by atoms with E-state index >= 15 is 0 Å². The molecule has 214 valence electrons. The van der Waals surface area contributed by atoms with Crippen molar-refractivity contribution < 1.29 is 23.5 Å². The van der Waals surface area contributed by atoms with Crippen LogP contribution in [0.5, 0.6) is 0 Å². The van der Waals surface area contributed by atoms with Crippen molar-refractivity contribution in [2.75, 3.05) is 45.2 Å². The van der Waals surface area contributed by atoms with Crippen LogP contribution in [0.25, 0.3) is 0 Å². The molecular formula is C29H37FN6O4. The average Bonchev–Trinajstić information content (AvgIpc) is 3.11. The summed E-state index contributed by atoms with van der Waals surface area (Å²) in [6.07, 6.45) is 5.70. The number of pyridine rings is 1. The van der Waals surface area contributed by atoms with E-state index in [-0.39, 0.29) is 35.7 Å². The summed E-state index contributed by atoms with van der Waals surface area (Å²) in [7, 11) is 1.58. The number of piperidine rings is 1. The maximum absolute atomic E-state index is 15.0. The maximum Gasteiger partial charge on any atom is 0.322 e. The fraction of sp³-hybridized carbons (Fsp3) is 0.517. The number of nitrogens with one attached hydrogen (secondary N) is 2. The fourth-order valence-electron chi connectivity index (χ4n) is 5.97. The summed E-state index contributed by atoms with van der Waals surface area (Å²) < 4.78 is 20.2. The Kier molecular flexibility index (Phi) is 8.49. The number of methoxy groups -OCH3 is 1. The number of benzene rings is 1. The van der Waals surface area contributed by atoms with Gasteiger partial charge in [-0.15, -0.1) is 0 Å². The van der Waals surface area contributed by atoms with Crippen LogP contribution in [0.3, 0.4) is 0 Å². The molecule has 4 heterocycles. The van der Waals surface area contributed by atoms with Gasteiger partial charge in [0.05, 0.1) is 18.8 Å². The standard InChI is InChI=1S/C29H37FN6O4/c1-19-4-3-5-23(26(19)30)20-6-7-25(27(37)35(17-20)14-15-40-2)33-28(38)34-12-9-22(10-13-34)36-18-21-16-31-11-8-24(21)32-29(36)39/h3-5,8,11,16,20,22,25H,6-7,9-10,12-15,17-18H2,1-2H3,(H,32,39)(H,33,38)/t20-,25-/m1/s1. The summed E-state index contributed by atoms with van der Waals surface area (Å²) in [6, 6.07) is 6.04. The number of carbonyl (C=O) groups is 3. The molecule has 2 aromatic rings. The quantitative estimate of drug-likeness (QED) is 0.571. The summed E-state index contributed by atoms with van der Waals surface area (Å²) >= 11 is 0. The molecule has 0 saturated carbocycles. The van der Waals surface area contributed by atoms with E-state index in [1.165, 1.54) is 0 Å². The van der Waals surface area contributed by atoms with E-state index in [0.717, 1.165) is 11.3 Å². The monoisotopic (exact) mass is 552 g/mol. The lowest BCUT2D eigenvalue weighted by molar-refractivity contribution is -0.133. The van der Waals surface area contributed by atoms with Gasteiger partial charge in [-0.05, 0) is 49.8 Å². The van der Waals surface area contributed by atoms with Crippen molar-refractivity contribution in [3.05, 3.63) is 59.2 Å². The molecule has 3 aliphatic heterocycles. The molecule has 40 heavy (non-hydrogen) atoms. The first-order valence-corrected chi connectivity index (χ1v) is 13.9. The van der Waals surface area contributed by atoms with E-state index in [2.05, 4.69) is 15.6 Å².